The average molecular weight is 348 g/mol. The number of amides is 1. The first-order chi connectivity index (χ1) is 12.5. The summed E-state index contributed by atoms with van der Waals surface area (Å²) < 4.78 is 0. The van der Waals surface area contributed by atoms with Gasteiger partial charge < -0.3 is 0 Å². The molecule has 3 aromatic rings. The number of nitro benzene ring substituents is 1. The highest BCUT2D eigenvalue weighted by Crippen LogP contribution is 2.44. The Morgan fingerprint density at radius 2 is 1.81 bits per heavy atom. The van der Waals surface area contributed by atoms with Gasteiger partial charge in [-0.2, -0.15) is 5.10 Å². The minimum Gasteiger partial charge on any atom is -0.295 e. The Morgan fingerprint density at radius 3 is 2.50 bits per heavy atom. The minimum atomic E-state index is -0.597. The number of aryl methyl sites for hydroxylation is 2. The largest absolute Gasteiger partial charge is 0.295 e. The number of nitro groups is 1. The number of H-pyrrole nitrogens is 1. The van der Waals surface area contributed by atoms with Crippen LogP contribution in [0.2, 0.25) is 0 Å². The fourth-order valence-corrected chi connectivity index (χ4v) is 3.45. The van der Waals surface area contributed by atoms with Gasteiger partial charge in [0.15, 0.2) is 5.69 Å². The van der Waals surface area contributed by atoms with E-state index in [9.17, 15) is 14.9 Å². The van der Waals surface area contributed by atoms with Gasteiger partial charge >= 0.3 is 0 Å². The van der Waals surface area contributed by atoms with Gasteiger partial charge in [-0.15, -0.1) is 0 Å². The first-order valence-electron chi connectivity index (χ1n) is 8.17. The van der Waals surface area contributed by atoms with Gasteiger partial charge in [-0.1, -0.05) is 29.8 Å². The zero-order chi connectivity index (χ0) is 18.4. The number of carbonyl (C=O) groups is 1. The van der Waals surface area contributed by atoms with Crippen molar-refractivity contribution >= 4 is 17.3 Å². The summed E-state index contributed by atoms with van der Waals surface area (Å²) in [6.07, 6.45) is 0. The maximum Gasteiger partial charge on any atom is 0.280 e. The van der Waals surface area contributed by atoms with Crippen LogP contribution in [0.3, 0.4) is 0 Å². The molecule has 130 valence electrons. The number of nitrogens with one attached hydrogen (secondary N) is 1. The van der Waals surface area contributed by atoms with Crippen LogP contribution in [0, 0.1) is 24.0 Å². The van der Waals surface area contributed by atoms with Gasteiger partial charge in [0.1, 0.15) is 0 Å². The second-order valence-electron chi connectivity index (χ2n) is 6.34. The van der Waals surface area contributed by atoms with Gasteiger partial charge in [0, 0.05) is 23.0 Å². The number of para-hydroxylation sites is 1. The first kappa shape index (κ1) is 16.0. The molecule has 2 aromatic carbocycles. The van der Waals surface area contributed by atoms with Crippen LogP contribution in [0.4, 0.5) is 11.4 Å². The molecule has 1 N–H and O–H groups in total. The molecule has 0 saturated carbocycles. The number of anilines is 1. The Kier molecular flexibility index (Phi) is 3.57. The molecule has 1 aromatic heterocycles. The lowest BCUT2D eigenvalue weighted by atomic mass is 9.97. The standard InChI is InChI=1S/C19H16N4O3/c1-11-7-9-13(10-8-11)22-18(14-5-3-4-6-15(14)23(25)26)16-12(2)20-21-17(16)19(22)24/h3-10,18H,1-2H3,(H,20,21)/t18-/m1/s1. The quantitative estimate of drug-likeness (QED) is 0.577. The van der Waals surface area contributed by atoms with Crippen molar-refractivity contribution in [3.63, 3.8) is 0 Å². The van der Waals surface area contributed by atoms with Crippen molar-refractivity contribution in [1.29, 1.82) is 0 Å². The molecule has 1 aliphatic heterocycles. The minimum absolute atomic E-state index is 0.0177. The van der Waals surface area contributed by atoms with E-state index >= 15 is 0 Å². The monoisotopic (exact) mass is 348 g/mol. The van der Waals surface area contributed by atoms with E-state index in [-0.39, 0.29) is 11.6 Å². The first-order valence-corrected chi connectivity index (χ1v) is 8.17. The van der Waals surface area contributed by atoms with Crippen molar-refractivity contribution in [3.8, 4) is 0 Å². The van der Waals surface area contributed by atoms with E-state index in [0.29, 0.717) is 22.5 Å². The number of aromatic amines is 1. The van der Waals surface area contributed by atoms with Crippen molar-refractivity contribution in [2.45, 2.75) is 19.9 Å². The normalized spacial score (nSPS) is 16.0. The van der Waals surface area contributed by atoms with Gasteiger partial charge in [-0.05, 0) is 32.0 Å². The van der Waals surface area contributed by atoms with Gasteiger partial charge in [0.25, 0.3) is 11.6 Å². The van der Waals surface area contributed by atoms with E-state index < -0.39 is 11.0 Å². The van der Waals surface area contributed by atoms with Crippen LogP contribution in [0.5, 0.6) is 0 Å². The highest BCUT2D eigenvalue weighted by Gasteiger charge is 2.44. The van der Waals surface area contributed by atoms with E-state index in [1.165, 1.54) is 6.07 Å². The molecule has 0 unspecified atom stereocenters. The zero-order valence-electron chi connectivity index (χ0n) is 14.3. The maximum absolute atomic E-state index is 13.0. The van der Waals surface area contributed by atoms with Gasteiger partial charge in [0.2, 0.25) is 0 Å². The molecule has 4 rings (SSSR count). The second kappa shape index (κ2) is 5.80. The summed E-state index contributed by atoms with van der Waals surface area (Å²) in [5.41, 5.74) is 3.92. The maximum atomic E-state index is 13.0. The number of fused-ring (bicyclic) bond motifs is 1. The van der Waals surface area contributed by atoms with Crippen LogP contribution in [-0.4, -0.2) is 21.0 Å². The van der Waals surface area contributed by atoms with Crippen molar-refractivity contribution in [2.24, 2.45) is 0 Å². The van der Waals surface area contributed by atoms with Crippen LogP contribution < -0.4 is 4.90 Å². The highest BCUT2D eigenvalue weighted by atomic mass is 16.6. The zero-order valence-corrected chi connectivity index (χ0v) is 14.3. The molecule has 7 heteroatoms. The van der Waals surface area contributed by atoms with Gasteiger partial charge in [-0.25, -0.2) is 0 Å². The predicted molar refractivity (Wildman–Crippen MR) is 96.3 cm³/mol. The molecule has 2 heterocycles. The third-order valence-corrected chi connectivity index (χ3v) is 4.69. The molecule has 0 saturated heterocycles. The second-order valence-corrected chi connectivity index (χ2v) is 6.34. The summed E-state index contributed by atoms with van der Waals surface area (Å²) in [7, 11) is 0. The van der Waals surface area contributed by atoms with E-state index in [2.05, 4.69) is 10.2 Å². The lowest BCUT2D eigenvalue weighted by Gasteiger charge is -2.26. The molecule has 1 amide bonds. The molecule has 1 aliphatic rings. The van der Waals surface area contributed by atoms with Crippen LogP contribution in [0.1, 0.15) is 38.9 Å². The molecule has 0 aliphatic carbocycles. The average Bonchev–Trinajstić information content (AvgIpc) is 3.14. The molecule has 1 atom stereocenters. The van der Waals surface area contributed by atoms with E-state index in [1.807, 2.05) is 38.1 Å². The predicted octanol–water partition coefficient (Wildman–Crippen LogP) is 3.68. The molecule has 26 heavy (non-hydrogen) atoms. The lowest BCUT2D eigenvalue weighted by Crippen LogP contribution is -2.29. The van der Waals surface area contributed by atoms with Crippen molar-refractivity contribution in [3.05, 3.63) is 86.7 Å². The Labute approximate surface area is 149 Å². The Bertz CT molecular complexity index is 1020. The van der Waals surface area contributed by atoms with Crippen LogP contribution >= 0.6 is 0 Å². The molecule has 7 nitrogen and oxygen atoms in total. The third kappa shape index (κ3) is 2.28. The summed E-state index contributed by atoms with van der Waals surface area (Å²) in [5, 5.41) is 18.5. The smallest absolute Gasteiger partial charge is 0.280 e. The van der Waals surface area contributed by atoms with Crippen LogP contribution in [0.15, 0.2) is 48.5 Å². The van der Waals surface area contributed by atoms with Gasteiger partial charge in [-0.3, -0.25) is 24.9 Å². The van der Waals surface area contributed by atoms with Crippen molar-refractivity contribution < 1.29 is 9.72 Å². The Balaban J connectivity index is 1.96. The van der Waals surface area contributed by atoms with E-state index in [4.69, 9.17) is 0 Å². The Hall–Kier alpha value is -3.48. The van der Waals surface area contributed by atoms with Gasteiger partial charge in [0.05, 0.1) is 16.5 Å². The molecule has 0 bridgehead atoms. The number of rotatable bonds is 3. The number of nitrogens with zero attached hydrogens (tertiary/aromatic N) is 3. The highest BCUT2D eigenvalue weighted by molar-refractivity contribution is 6.10. The van der Waals surface area contributed by atoms with E-state index in [1.54, 1.807) is 23.1 Å². The molecular weight excluding hydrogens is 332 g/mol. The fraction of sp³-hybridized carbons (Fsp3) is 0.158. The topological polar surface area (TPSA) is 92.1 Å². The summed E-state index contributed by atoms with van der Waals surface area (Å²) in [4.78, 5) is 25.8. The molecule has 0 fully saturated rings. The summed E-state index contributed by atoms with van der Waals surface area (Å²) in [5.74, 6) is -0.267. The number of carbonyl (C=O) groups excluding carboxylic acids is 1. The van der Waals surface area contributed by atoms with Crippen LogP contribution in [0.25, 0.3) is 0 Å². The van der Waals surface area contributed by atoms with Crippen molar-refractivity contribution in [1.82, 2.24) is 10.2 Å². The third-order valence-electron chi connectivity index (χ3n) is 4.69. The molecule has 0 radical (unpaired) electrons. The number of hydrogen-bond donors (Lipinski definition) is 1. The lowest BCUT2D eigenvalue weighted by molar-refractivity contribution is -0.385. The number of hydrogen-bond acceptors (Lipinski definition) is 4. The summed E-state index contributed by atoms with van der Waals surface area (Å²) in [6, 6.07) is 13.4. The fourth-order valence-electron chi connectivity index (χ4n) is 3.45. The number of aromatic nitrogens is 2. The van der Waals surface area contributed by atoms with E-state index in [0.717, 1.165) is 11.3 Å². The van der Waals surface area contributed by atoms with Crippen LogP contribution in [-0.2, 0) is 0 Å². The number of benzene rings is 2. The summed E-state index contributed by atoms with van der Waals surface area (Å²) in [6.45, 7) is 3.78. The SMILES string of the molecule is Cc1ccc(N2C(=O)c3n[nH]c(C)c3[C@H]2c2ccccc2[N+](=O)[O-])cc1. The molecule has 0 spiro atoms. The summed E-state index contributed by atoms with van der Waals surface area (Å²) >= 11 is 0. The van der Waals surface area contributed by atoms with Crippen molar-refractivity contribution in [2.75, 3.05) is 4.90 Å². The Morgan fingerprint density at radius 1 is 1.12 bits per heavy atom. The molecular formula is C19H16N4O3.